The number of nitrogens with zero attached hydrogens (tertiary/aromatic N) is 1. The largest absolute Gasteiger partial charge is 0.326 e. The lowest BCUT2D eigenvalue weighted by Crippen LogP contribution is -2.15. The fourth-order valence-corrected chi connectivity index (χ4v) is 4.31. The Morgan fingerprint density at radius 2 is 1.88 bits per heavy atom. The van der Waals surface area contributed by atoms with Gasteiger partial charge >= 0.3 is 0 Å². The first-order valence-corrected chi connectivity index (χ1v) is 9.75. The predicted molar refractivity (Wildman–Crippen MR) is 106 cm³/mol. The van der Waals surface area contributed by atoms with Gasteiger partial charge in [0.05, 0.1) is 6.42 Å². The molecule has 3 aromatic rings. The minimum Gasteiger partial charge on any atom is -0.326 e. The quantitative estimate of drug-likeness (QED) is 0.655. The number of nitrogens with one attached hydrogen (secondary N) is 1. The molecule has 0 aliphatic rings. The van der Waals surface area contributed by atoms with Gasteiger partial charge in [-0.05, 0) is 50.1 Å². The van der Waals surface area contributed by atoms with Crippen LogP contribution in [-0.2, 0) is 11.2 Å². The molecule has 25 heavy (non-hydrogen) atoms. The fourth-order valence-electron chi connectivity index (χ4n) is 2.41. The topological polar surface area (TPSA) is 42.0 Å². The summed E-state index contributed by atoms with van der Waals surface area (Å²) < 4.78 is 1.04. The lowest BCUT2D eigenvalue weighted by Gasteiger charge is -2.10. The Morgan fingerprint density at radius 3 is 2.52 bits per heavy atom. The van der Waals surface area contributed by atoms with Gasteiger partial charge in [0.2, 0.25) is 5.91 Å². The highest BCUT2D eigenvalue weighted by Crippen LogP contribution is 2.32. The second kappa shape index (κ2) is 7.85. The molecule has 3 nitrogen and oxygen atoms in total. The average Bonchev–Trinajstić information content (AvgIpc) is 2.97. The minimum absolute atomic E-state index is 0.00269. The van der Waals surface area contributed by atoms with Gasteiger partial charge in [0.15, 0.2) is 4.34 Å². The van der Waals surface area contributed by atoms with Crippen LogP contribution in [0.4, 0.5) is 5.69 Å². The van der Waals surface area contributed by atoms with Crippen molar-refractivity contribution in [2.45, 2.75) is 36.4 Å². The molecule has 128 valence electrons. The summed E-state index contributed by atoms with van der Waals surface area (Å²) in [6.45, 7) is 6.05. The van der Waals surface area contributed by atoms with Crippen molar-refractivity contribution >= 4 is 34.7 Å². The van der Waals surface area contributed by atoms with Crippen LogP contribution in [0.5, 0.6) is 0 Å². The van der Waals surface area contributed by atoms with E-state index in [1.165, 1.54) is 5.56 Å². The lowest BCUT2D eigenvalue weighted by atomic mass is 10.1. The summed E-state index contributed by atoms with van der Waals surface area (Å²) in [5, 5.41) is 5.06. The van der Waals surface area contributed by atoms with E-state index in [0.29, 0.717) is 6.42 Å². The van der Waals surface area contributed by atoms with Gasteiger partial charge < -0.3 is 5.32 Å². The van der Waals surface area contributed by atoms with Gasteiger partial charge in [0.25, 0.3) is 0 Å². The van der Waals surface area contributed by atoms with E-state index in [0.717, 1.165) is 31.7 Å². The van der Waals surface area contributed by atoms with Crippen molar-refractivity contribution in [1.29, 1.82) is 0 Å². The highest BCUT2D eigenvalue weighted by atomic mass is 32.2. The van der Waals surface area contributed by atoms with Crippen LogP contribution in [0.1, 0.15) is 22.4 Å². The van der Waals surface area contributed by atoms with E-state index in [-0.39, 0.29) is 5.91 Å². The maximum atomic E-state index is 12.3. The Kier molecular flexibility index (Phi) is 5.56. The van der Waals surface area contributed by atoms with Crippen molar-refractivity contribution in [2.24, 2.45) is 0 Å². The van der Waals surface area contributed by atoms with E-state index in [2.05, 4.69) is 21.7 Å². The van der Waals surface area contributed by atoms with Crippen molar-refractivity contribution < 1.29 is 4.79 Å². The molecule has 0 aliphatic heterocycles. The first-order chi connectivity index (χ1) is 12.0. The standard InChI is InChI=1S/C20H20N2OS2/c1-13-4-6-16(7-5-13)11-19(23)22-18-9-8-17(10-14(18)2)25-20-21-15(3)12-24-20/h4-10,12H,11H2,1-3H3,(H,22,23). The lowest BCUT2D eigenvalue weighted by molar-refractivity contribution is -0.115. The van der Waals surface area contributed by atoms with Crippen LogP contribution in [0, 0.1) is 20.8 Å². The van der Waals surface area contributed by atoms with Crippen LogP contribution < -0.4 is 5.32 Å². The normalized spacial score (nSPS) is 10.7. The smallest absolute Gasteiger partial charge is 0.228 e. The molecule has 0 unspecified atom stereocenters. The Balaban J connectivity index is 1.64. The zero-order valence-electron chi connectivity index (χ0n) is 14.5. The number of amides is 1. The first kappa shape index (κ1) is 17.7. The van der Waals surface area contributed by atoms with Gasteiger partial charge in [0.1, 0.15) is 0 Å². The molecular weight excluding hydrogens is 348 g/mol. The van der Waals surface area contributed by atoms with Crippen molar-refractivity contribution in [3.05, 3.63) is 70.2 Å². The zero-order chi connectivity index (χ0) is 17.8. The molecule has 1 aromatic heterocycles. The second-order valence-corrected chi connectivity index (χ2v) is 8.22. The summed E-state index contributed by atoms with van der Waals surface area (Å²) in [6.07, 6.45) is 0.384. The third-order valence-corrected chi connectivity index (χ3v) is 5.81. The Morgan fingerprint density at radius 1 is 1.12 bits per heavy atom. The molecule has 0 atom stereocenters. The molecule has 1 amide bonds. The van der Waals surface area contributed by atoms with Gasteiger partial charge in [-0.1, -0.05) is 41.6 Å². The number of carbonyl (C=O) groups is 1. The van der Waals surface area contributed by atoms with E-state index < -0.39 is 0 Å². The van der Waals surface area contributed by atoms with E-state index in [9.17, 15) is 4.79 Å². The van der Waals surface area contributed by atoms with Crippen molar-refractivity contribution in [1.82, 2.24) is 4.98 Å². The SMILES string of the molecule is Cc1ccc(CC(=O)Nc2ccc(Sc3nc(C)cs3)cc2C)cc1. The molecule has 0 bridgehead atoms. The monoisotopic (exact) mass is 368 g/mol. The van der Waals surface area contributed by atoms with Gasteiger partial charge in [0, 0.05) is 21.7 Å². The number of anilines is 1. The molecule has 5 heteroatoms. The van der Waals surface area contributed by atoms with Crippen LogP contribution in [0.2, 0.25) is 0 Å². The van der Waals surface area contributed by atoms with Crippen LogP contribution in [0.3, 0.4) is 0 Å². The Bertz CT molecular complexity index is 885. The zero-order valence-corrected chi connectivity index (χ0v) is 16.1. The number of aromatic nitrogens is 1. The number of thiazole rings is 1. The van der Waals surface area contributed by atoms with Gasteiger partial charge in [-0.2, -0.15) is 0 Å². The van der Waals surface area contributed by atoms with E-state index >= 15 is 0 Å². The summed E-state index contributed by atoms with van der Waals surface area (Å²) in [6, 6.07) is 14.1. The van der Waals surface area contributed by atoms with Crippen molar-refractivity contribution in [3.63, 3.8) is 0 Å². The molecule has 0 fully saturated rings. The van der Waals surface area contributed by atoms with Crippen LogP contribution in [0.25, 0.3) is 0 Å². The number of hydrogen-bond acceptors (Lipinski definition) is 4. The van der Waals surface area contributed by atoms with E-state index in [1.807, 2.05) is 57.2 Å². The third kappa shape index (κ3) is 4.94. The molecule has 0 saturated heterocycles. The molecular formula is C20H20N2OS2. The molecule has 0 spiro atoms. The molecule has 3 rings (SSSR count). The predicted octanol–water partition coefficient (Wildman–Crippen LogP) is 5.40. The Labute approximate surface area is 156 Å². The average molecular weight is 369 g/mol. The summed E-state index contributed by atoms with van der Waals surface area (Å²) >= 11 is 3.30. The molecule has 0 saturated carbocycles. The van der Waals surface area contributed by atoms with E-state index in [1.54, 1.807) is 23.1 Å². The van der Waals surface area contributed by atoms with Gasteiger partial charge in [-0.15, -0.1) is 11.3 Å². The summed E-state index contributed by atoms with van der Waals surface area (Å²) in [7, 11) is 0. The van der Waals surface area contributed by atoms with Crippen LogP contribution in [-0.4, -0.2) is 10.9 Å². The summed E-state index contributed by atoms with van der Waals surface area (Å²) in [5.41, 5.74) is 5.17. The number of benzene rings is 2. The van der Waals surface area contributed by atoms with Crippen LogP contribution in [0.15, 0.2) is 57.1 Å². The highest BCUT2D eigenvalue weighted by molar-refractivity contribution is 8.01. The summed E-state index contributed by atoms with van der Waals surface area (Å²) in [5.74, 6) is 0.00269. The maximum Gasteiger partial charge on any atom is 0.228 e. The molecule has 1 N–H and O–H groups in total. The van der Waals surface area contributed by atoms with E-state index in [4.69, 9.17) is 0 Å². The van der Waals surface area contributed by atoms with Crippen molar-refractivity contribution in [3.8, 4) is 0 Å². The number of aryl methyl sites for hydroxylation is 3. The third-order valence-electron chi connectivity index (χ3n) is 3.76. The maximum absolute atomic E-state index is 12.3. The Hall–Kier alpha value is -2.11. The second-order valence-electron chi connectivity index (χ2n) is 6.04. The number of carbonyl (C=O) groups excluding carboxylic acids is 1. The van der Waals surface area contributed by atoms with Gasteiger partial charge in [-0.3, -0.25) is 4.79 Å². The van der Waals surface area contributed by atoms with Crippen molar-refractivity contribution in [2.75, 3.05) is 5.32 Å². The summed E-state index contributed by atoms with van der Waals surface area (Å²) in [4.78, 5) is 17.9. The first-order valence-electron chi connectivity index (χ1n) is 8.05. The molecule has 0 radical (unpaired) electrons. The van der Waals surface area contributed by atoms with Gasteiger partial charge in [-0.25, -0.2) is 4.98 Å². The molecule has 1 heterocycles. The number of rotatable bonds is 5. The molecule has 2 aromatic carbocycles. The number of hydrogen-bond donors (Lipinski definition) is 1. The molecule has 0 aliphatic carbocycles. The highest BCUT2D eigenvalue weighted by Gasteiger charge is 2.08. The van der Waals surface area contributed by atoms with Crippen LogP contribution >= 0.6 is 23.1 Å². The fraction of sp³-hybridized carbons (Fsp3) is 0.200. The minimum atomic E-state index is 0.00269.